The normalized spacial score (nSPS) is 17.7. The topological polar surface area (TPSA) is 41.6 Å². The van der Waals surface area contributed by atoms with Gasteiger partial charge in [0, 0.05) is 13.2 Å². The highest BCUT2D eigenvalue weighted by atomic mass is 16.5. The van der Waals surface area contributed by atoms with Crippen LogP contribution < -0.4 is 5.32 Å². The molecule has 1 amide bonds. The summed E-state index contributed by atoms with van der Waals surface area (Å²) < 4.78 is 5.04. The standard InChI is InChI=1S/C13H26N2O2/c1-2-17-12-13(16)14-8-7-11-15-9-5-3-4-6-10-15/h2-12H2,1H3,(H,14,16). The van der Waals surface area contributed by atoms with Crippen LogP contribution >= 0.6 is 0 Å². The maximum Gasteiger partial charge on any atom is 0.245 e. The van der Waals surface area contributed by atoms with Crippen molar-refractivity contribution >= 4 is 5.91 Å². The Balaban J connectivity index is 1.97. The molecule has 1 heterocycles. The van der Waals surface area contributed by atoms with Gasteiger partial charge < -0.3 is 15.0 Å². The van der Waals surface area contributed by atoms with Crippen LogP contribution in [0.25, 0.3) is 0 Å². The fraction of sp³-hybridized carbons (Fsp3) is 0.923. The molecule has 0 bridgehead atoms. The number of carbonyl (C=O) groups is 1. The molecule has 17 heavy (non-hydrogen) atoms. The van der Waals surface area contributed by atoms with Crippen LogP contribution in [0.3, 0.4) is 0 Å². The number of hydrogen-bond donors (Lipinski definition) is 1. The first kappa shape index (κ1) is 14.5. The quantitative estimate of drug-likeness (QED) is 0.686. The molecule has 0 saturated carbocycles. The van der Waals surface area contributed by atoms with Crippen LogP contribution in [-0.4, -0.2) is 50.2 Å². The van der Waals surface area contributed by atoms with E-state index in [0.717, 1.165) is 19.5 Å². The van der Waals surface area contributed by atoms with Crippen LogP contribution in [0.4, 0.5) is 0 Å². The molecular formula is C13H26N2O2. The molecular weight excluding hydrogens is 216 g/mol. The molecule has 1 aliphatic heterocycles. The summed E-state index contributed by atoms with van der Waals surface area (Å²) in [6.07, 6.45) is 6.45. The minimum atomic E-state index is 0.00252. The van der Waals surface area contributed by atoms with Crippen molar-refractivity contribution in [1.29, 1.82) is 0 Å². The van der Waals surface area contributed by atoms with Gasteiger partial charge in [0.1, 0.15) is 6.61 Å². The Labute approximate surface area is 105 Å². The minimum absolute atomic E-state index is 0.00252. The van der Waals surface area contributed by atoms with Crippen LogP contribution in [-0.2, 0) is 9.53 Å². The Kier molecular flexibility index (Phi) is 8.01. The first-order valence-electron chi connectivity index (χ1n) is 6.89. The molecule has 0 spiro atoms. The molecule has 0 radical (unpaired) electrons. The Morgan fingerprint density at radius 3 is 2.59 bits per heavy atom. The van der Waals surface area contributed by atoms with Gasteiger partial charge in [0.15, 0.2) is 0 Å². The minimum Gasteiger partial charge on any atom is -0.372 e. The highest BCUT2D eigenvalue weighted by molar-refractivity contribution is 5.77. The Bertz CT molecular complexity index is 202. The number of hydrogen-bond acceptors (Lipinski definition) is 3. The molecule has 0 aromatic carbocycles. The third kappa shape index (κ3) is 7.34. The highest BCUT2D eigenvalue weighted by Crippen LogP contribution is 2.09. The second-order valence-electron chi connectivity index (χ2n) is 4.60. The van der Waals surface area contributed by atoms with E-state index in [1.165, 1.54) is 38.8 Å². The van der Waals surface area contributed by atoms with Crippen molar-refractivity contribution in [2.24, 2.45) is 0 Å². The van der Waals surface area contributed by atoms with Gasteiger partial charge in [-0.25, -0.2) is 0 Å². The summed E-state index contributed by atoms with van der Waals surface area (Å²) in [7, 11) is 0. The predicted molar refractivity (Wildman–Crippen MR) is 69.0 cm³/mol. The van der Waals surface area contributed by atoms with Crippen LogP contribution in [0, 0.1) is 0 Å². The van der Waals surface area contributed by atoms with Gasteiger partial charge in [-0.15, -0.1) is 0 Å². The molecule has 1 fully saturated rings. The number of nitrogens with zero attached hydrogens (tertiary/aromatic N) is 1. The van der Waals surface area contributed by atoms with Crippen molar-refractivity contribution in [2.75, 3.05) is 39.4 Å². The molecule has 0 unspecified atom stereocenters. The molecule has 1 aliphatic rings. The summed E-state index contributed by atoms with van der Waals surface area (Å²) in [5.74, 6) is 0.00252. The molecule has 1 N–H and O–H groups in total. The van der Waals surface area contributed by atoms with Gasteiger partial charge in [-0.1, -0.05) is 12.8 Å². The van der Waals surface area contributed by atoms with E-state index in [-0.39, 0.29) is 12.5 Å². The van der Waals surface area contributed by atoms with E-state index in [0.29, 0.717) is 6.61 Å². The summed E-state index contributed by atoms with van der Waals surface area (Å²) in [5, 5.41) is 2.88. The largest absolute Gasteiger partial charge is 0.372 e. The lowest BCUT2D eigenvalue weighted by atomic mass is 10.2. The Hall–Kier alpha value is -0.610. The third-order valence-electron chi connectivity index (χ3n) is 3.11. The number of ether oxygens (including phenoxy) is 1. The first-order valence-corrected chi connectivity index (χ1v) is 6.89. The van der Waals surface area contributed by atoms with E-state index in [1.54, 1.807) is 0 Å². The number of likely N-dealkylation sites (tertiary alicyclic amines) is 1. The molecule has 100 valence electrons. The van der Waals surface area contributed by atoms with E-state index in [4.69, 9.17) is 4.74 Å². The van der Waals surface area contributed by atoms with Gasteiger partial charge in [-0.3, -0.25) is 4.79 Å². The number of nitrogens with one attached hydrogen (secondary N) is 1. The lowest BCUT2D eigenvalue weighted by molar-refractivity contribution is -0.125. The number of carbonyl (C=O) groups excluding carboxylic acids is 1. The van der Waals surface area contributed by atoms with Crippen molar-refractivity contribution in [3.8, 4) is 0 Å². The Morgan fingerprint density at radius 2 is 1.94 bits per heavy atom. The maximum absolute atomic E-state index is 11.3. The average molecular weight is 242 g/mol. The summed E-state index contributed by atoms with van der Waals surface area (Å²) in [4.78, 5) is 13.8. The van der Waals surface area contributed by atoms with E-state index < -0.39 is 0 Å². The fourth-order valence-electron chi connectivity index (χ4n) is 2.14. The number of amides is 1. The summed E-state index contributed by atoms with van der Waals surface area (Å²) >= 11 is 0. The average Bonchev–Trinajstić information content (AvgIpc) is 2.60. The maximum atomic E-state index is 11.3. The lowest BCUT2D eigenvalue weighted by Crippen LogP contribution is -2.32. The molecule has 1 rings (SSSR count). The van der Waals surface area contributed by atoms with Gasteiger partial charge in [-0.05, 0) is 45.8 Å². The zero-order valence-electron chi connectivity index (χ0n) is 11.0. The molecule has 1 saturated heterocycles. The number of rotatable bonds is 7. The molecule has 0 aromatic rings. The van der Waals surface area contributed by atoms with Crippen LogP contribution in [0.15, 0.2) is 0 Å². The highest BCUT2D eigenvalue weighted by Gasteiger charge is 2.08. The van der Waals surface area contributed by atoms with Gasteiger partial charge in [0.05, 0.1) is 0 Å². The predicted octanol–water partition coefficient (Wildman–Crippen LogP) is 1.41. The molecule has 0 aromatic heterocycles. The van der Waals surface area contributed by atoms with Crippen LogP contribution in [0.2, 0.25) is 0 Å². The zero-order chi connectivity index (χ0) is 12.3. The summed E-state index contributed by atoms with van der Waals surface area (Å²) in [6.45, 7) is 7.02. The zero-order valence-corrected chi connectivity index (χ0v) is 11.0. The lowest BCUT2D eigenvalue weighted by Gasteiger charge is -2.19. The summed E-state index contributed by atoms with van der Waals surface area (Å²) in [5.41, 5.74) is 0. The summed E-state index contributed by atoms with van der Waals surface area (Å²) in [6, 6.07) is 0. The molecule has 4 nitrogen and oxygen atoms in total. The molecule has 0 aliphatic carbocycles. The van der Waals surface area contributed by atoms with Crippen LogP contribution in [0.1, 0.15) is 39.0 Å². The first-order chi connectivity index (χ1) is 8.33. The van der Waals surface area contributed by atoms with E-state index in [1.807, 2.05) is 6.92 Å². The van der Waals surface area contributed by atoms with Crippen molar-refractivity contribution in [1.82, 2.24) is 10.2 Å². The van der Waals surface area contributed by atoms with Gasteiger partial charge in [0.2, 0.25) is 5.91 Å². The second-order valence-corrected chi connectivity index (χ2v) is 4.60. The van der Waals surface area contributed by atoms with Crippen molar-refractivity contribution in [2.45, 2.75) is 39.0 Å². The van der Waals surface area contributed by atoms with Crippen molar-refractivity contribution in [3.05, 3.63) is 0 Å². The van der Waals surface area contributed by atoms with Gasteiger partial charge in [-0.2, -0.15) is 0 Å². The molecule has 0 atom stereocenters. The monoisotopic (exact) mass is 242 g/mol. The second kappa shape index (κ2) is 9.42. The smallest absolute Gasteiger partial charge is 0.245 e. The SMILES string of the molecule is CCOCC(=O)NCCCN1CCCCCC1. The molecule has 4 heteroatoms. The van der Waals surface area contributed by atoms with E-state index in [2.05, 4.69) is 10.2 Å². The third-order valence-corrected chi connectivity index (χ3v) is 3.11. The van der Waals surface area contributed by atoms with Gasteiger partial charge >= 0.3 is 0 Å². The van der Waals surface area contributed by atoms with Gasteiger partial charge in [0.25, 0.3) is 0 Å². The van der Waals surface area contributed by atoms with Crippen LogP contribution in [0.5, 0.6) is 0 Å². The van der Waals surface area contributed by atoms with Crippen molar-refractivity contribution in [3.63, 3.8) is 0 Å². The van der Waals surface area contributed by atoms with Crippen molar-refractivity contribution < 1.29 is 9.53 Å². The van der Waals surface area contributed by atoms with E-state index in [9.17, 15) is 4.79 Å². The van der Waals surface area contributed by atoms with E-state index >= 15 is 0 Å². The fourth-order valence-corrected chi connectivity index (χ4v) is 2.14. The Morgan fingerprint density at radius 1 is 1.24 bits per heavy atom.